The van der Waals surface area contributed by atoms with Crippen molar-refractivity contribution >= 4 is 29.3 Å². The largest absolute Gasteiger partial charge is 0.314 e. The Bertz CT molecular complexity index is 556. The Kier molecular flexibility index (Phi) is 3.23. The molecule has 3 amide bonds. The highest BCUT2D eigenvalue weighted by Crippen LogP contribution is 2.20. The summed E-state index contributed by atoms with van der Waals surface area (Å²) in [7, 11) is 0. The van der Waals surface area contributed by atoms with Crippen molar-refractivity contribution in [2.24, 2.45) is 0 Å². The number of halogens is 1. The van der Waals surface area contributed by atoms with Crippen LogP contribution in [-0.2, 0) is 9.59 Å². The van der Waals surface area contributed by atoms with Gasteiger partial charge in [-0.05, 0) is 13.8 Å². The lowest BCUT2D eigenvalue weighted by atomic mass is 9.98. The summed E-state index contributed by atoms with van der Waals surface area (Å²) in [4.78, 5) is 44.1. The molecule has 0 unspecified atom stereocenters. The third kappa shape index (κ3) is 2.41. The van der Waals surface area contributed by atoms with Gasteiger partial charge in [0.05, 0.1) is 12.4 Å². The molecule has 8 heteroatoms. The van der Waals surface area contributed by atoms with Crippen LogP contribution in [0.1, 0.15) is 24.3 Å². The molecule has 1 aromatic rings. The molecule has 7 nitrogen and oxygen atoms in total. The number of aromatic nitrogens is 2. The number of carbonyl (C=O) groups is 3. The van der Waals surface area contributed by atoms with Gasteiger partial charge < -0.3 is 4.90 Å². The number of rotatable bonds is 1. The van der Waals surface area contributed by atoms with E-state index in [1.165, 1.54) is 12.4 Å². The lowest BCUT2D eigenvalue weighted by Crippen LogP contribution is -2.65. The minimum Gasteiger partial charge on any atom is -0.314 e. The molecule has 0 aliphatic carbocycles. The van der Waals surface area contributed by atoms with Crippen LogP contribution >= 0.6 is 11.6 Å². The van der Waals surface area contributed by atoms with E-state index < -0.39 is 23.3 Å². The normalized spacial score (nSPS) is 18.2. The molecule has 1 fully saturated rings. The van der Waals surface area contributed by atoms with E-state index in [4.69, 9.17) is 11.6 Å². The third-order valence-electron chi connectivity index (χ3n) is 2.87. The maximum absolute atomic E-state index is 12.3. The van der Waals surface area contributed by atoms with Crippen LogP contribution in [0.5, 0.6) is 0 Å². The zero-order valence-corrected chi connectivity index (χ0v) is 11.1. The highest BCUT2D eigenvalue weighted by molar-refractivity contribution is 6.29. The highest BCUT2D eigenvalue weighted by atomic mass is 35.5. The SMILES string of the molecule is CC1(C)C(=O)NC(=O)CN1C(=O)c1cnc(Cl)cn1. The minimum atomic E-state index is -1.13. The van der Waals surface area contributed by atoms with Crippen molar-refractivity contribution in [3.8, 4) is 0 Å². The van der Waals surface area contributed by atoms with Gasteiger partial charge in [-0.2, -0.15) is 0 Å². The van der Waals surface area contributed by atoms with Crippen molar-refractivity contribution in [2.75, 3.05) is 6.54 Å². The Morgan fingerprint density at radius 3 is 2.63 bits per heavy atom. The van der Waals surface area contributed by atoms with E-state index in [9.17, 15) is 14.4 Å². The molecule has 0 spiro atoms. The van der Waals surface area contributed by atoms with Gasteiger partial charge in [-0.15, -0.1) is 0 Å². The number of nitrogens with one attached hydrogen (secondary N) is 1. The maximum atomic E-state index is 12.3. The Balaban J connectivity index is 2.33. The van der Waals surface area contributed by atoms with Crippen LogP contribution in [-0.4, -0.2) is 44.7 Å². The van der Waals surface area contributed by atoms with Gasteiger partial charge in [0.25, 0.3) is 11.8 Å². The molecule has 0 aromatic carbocycles. The number of hydrogen-bond donors (Lipinski definition) is 1. The predicted molar refractivity (Wildman–Crippen MR) is 65.3 cm³/mol. The standard InChI is InChI=1S/C11H11ClN4O3/c1-11(2)10(19)15-8(17)5-16(11)9(18)6-3-14-7(12)4-13-6/h3-4H,5H2,1-2H3,(H,15,17,19). The average molecular weight is 283 g/mol. The van der Waals surface area contributed by atoms with Gasteiger partial charge in [0, 0.05) is 0 Å². The van der Waals surface area contributed by atoms with E-state index in [0.29, 0.717) is 0 Å². The highest BCUT2D eigenvalue weighted by Gasteiger charge is 2.44. The molecule has 1 aliphatic rings. The molecule has 0 radical (unpaired) electrons. The zero-order chi connectivity index (χ0) is 14.2. The van der Waals surface area contributed by atoms with Crippen LogP contribution in [0, 0.1) is 0 Å². The molecule has 1 aromatic heterocycles. The predicted octanol–water partition coefficient (Wildman–Crippen LogP) is 0.00720. The van der Waals surface area contributed by atoms with Crippen LogP contribution in [0.4, 0.5) is 0 Å². The molecule has 1 aliphatic heterocycles. The molecule has 2 heterocycles. The van der Waals surface area contributed by atoms with E-state index in [1.54, 1.807) is 13.8 Å². The van der Waals surface area contributed by atoms with Crippen LogP contribution in [0.15, 0.2) is 12.4 Å². The first-order valence-electron chi connectivity index (χ1n) is 5.46. The molecule has 100 valence electrons. The van der Waals surface area contributed by atoms with Crippen molar-refractivity contribution in [1.29, 1.82) is 0 Å². The zero-order valence-electron chi connectivity index (χ0n) is 10.3. The minimum absolute atomic E-state index is 0.0278. The van der Waals surface area contributed by atoms with E-state index in [0.717, 1.165) is 4.90 Å². The Hall–Kier alpha value is -2.02. The molecule has 0 saturated carbocycles. The lowest BCUT2D eigenvalue weighted by molar-refractivity contribution is -0.143. The number of carbonyl (C=O) groups excluding carboxylic acids is 3. The molecular weight excluding hydrogens is 272 g/mol. The summed E-state index contributed by atoms with van der Waals surface area (Å²) in [5.41, 5.74) is -1.10. The van der Waals surface area contributed by atoms with Gasteiger partial charge >= 0.3 is 0 Å². The molecular formula is C11H11ClN4O3. The van der Waals surface area contributed by atoms with E-state index in [2.05, 4.69) is 15.3 Å². The summed E-state index contributed by atoms with van der Waals surface area (Å²) in [6, 6.07) is 0. The van der Waals surface area contributed by atoms with Crippen molar-refractivity contribution in [1.82, 2.24) is 20.2 Å². The first-order valence-corrected chi connectivity index (χ1v) is 5.84. The quantitative estimate of drug-likeness (QED) is 0.732. The molecule has 0 atom stereocenters. The second-order valence-electron chi connectivity index (χ2n) is 4.55. The summed E-state index contributed by atoms with van der Waals surface area (Å²) in [6.07, 6.45) is 2.44. The van der Waals surface area contributed by atoms with Crippen molar-refractivity contribution in [3.63, 3.8) is 0 Å². The number of amides is 3. The second kappa shape index (κ2) is 4.58. The average Bonchev–Trinajstić information content (AvgIpc) is 2.34. The van der Waals surface area contributed by atoms with Crippen LogP contribution < -0.4 is 5.32 Å². The van der Waals surface area contributed by atoms with Gasteiger partial charge in [-0.1, -0.05) is 11.6 Å². The molecule has 0 bridgehead atoms. The van der Waals surface area contributed by atoms with Gasteiger partial charge in [0.2, 0.25) is 5.91 Å². The van der Waals surface area contributed by atoms with Crippen molar-refractivity contribution < 1.29 is 14.4 Å². The van der Waals surface area contributed by atoms with Crippen molar-refractivity contribution in [3.05, 3.63) is 23.2 Å². The van der Waals surface area contributed by atoms with Crippen LogP contribution in [0.3, 0.4) is 0 Å². The molecule has 2 rings (SSSR count). The number of nitrogens with zero attached hydrogens (tertiary/aromatic N) is 3. The van der Waals surface area contributed by atoms with Crippen LogP contribution in [0.25, 0.3) is 0 Å². The number of piperazine rings is 1. The monoisotopic (exact) mass is 282 g/mol. The summed E-state index contributed by atoms with van der Waals surface area (Å²) in [5, 5.41) is 2.34. The lowest BCUT2D eigenvalue weighted by Gasteiger charge is -2.39. The first kappa shape index (κ1) is 13.4. The van der Waals surface area contributed by atoms with E-state index >= 15 is 0 Å². The summed E-state index contributed by atoms with van der Waals surface area (Å²) in [5.74, 6) is -1.60. The van der Waals surface area contributed by atoms with E-state index in [1.807, 2.05) is 0 Å². The topological polar surface area (TPSA) is 92.3 Å². The molecule has 1 saturated heterocycles. The molecule has 19 heavy (non-hydrogen) atoms. The number of hydrogen-bond acceptors (Lipinski definition) is 5. The second-order valence-corrected chi connectivity index (χ2v) is 4.94. The fourth-order valence-corrected chi connectivity index (χ4v) is 1.77. The summed E-state index contributed by atoms with van der Waals surface area (Å²) < 4.78 is 0. The fraction of sp³-hybridized carbons (Fsp3) is 0.364. The van der Waals surface area contributed by atoms with Crippen LogP contribution in [0.2, 0.25) is 5.15 Å². The van der Waals surface area contributed by atoms with Gasteiger partial charge in [-0.3, -0.25) is 19.7 Å². The first-order chi connectivity index (χ1) is 8.82. The van der Waals surface area contributed by atoms with Crippen molar-refractivity contribution in [2.45, 2.75) is 19.4 Å². The maximum Gasteiger partial charge on any atom is 0.275 e. The third-order valence-corrected chi connectivity index (χ3v) is 3.06. The molecule has 1 N–H and O–H groups in total. The van der Waals surface area contributed by atoms with Gasteiger partial charge in [0.1, 0.15) is 22.9 Å². The summed E-state index contributed by atoms with van der Waals surface area (Å²) in [6.45, 7) is 2.90. The smallest absolute Gasteiger partial charge is 0.275 e. The van der Waals surface area contributed by atoms with E-state index in [-0.39, 0.29) is 17.4 Å². The Morgan fingerprint density at radius 1 is 1.37 bits per heavy atom. The Labute approximate surface area is 114 Å². The van der Waals surface area contributed by atoms with Gasteiger partial charge in [0.15, 0.2) is 0 Å². The number of imide groups is 1. The van der Waals surface area contributed by atoms with Gasteiger partial charge in [-0.25, -0.2) is 9.97 Å². The fourth-order valence-electron chi connectivity index (χ4n) is 1.67. The summed E-state index contributed by atoms with van der Waals surface area (Å²) >= 11 is 5.59. The Morgan fingerprint density at radius 2 is 2.05 bits per heavy atom.